The van der Waals surface area contributed by atoms with Crippen molar-refractivity contribution in [1.82, 2.24) is 0 Å². The van der Waals surface area contributed by atoms with Crippen LogP contribution in [0, 0.1) is 3.57 Å². The van der Waals surface area contributed by atoms with Gasteiger partial charge in [0.1, 0.15) is 0 Å². The van der Waals surface area contributed by atoms with Gasteiger partial charge in [0.25, 0.3) is 0 Å². The number of methoxy groups -OCH3 is 2. The van der Waals surface area contributed by atoms with E-state index in [1.807, 2.05) is 0 Å². The van der Waals surface area contributed by atoms with E-state index >= 15 is 0 Å². The predicted octanol–water partition coefficient (Wildman–Crippen LogP) is 1.07. The molecule has 0 aliphatic heterocycles. The van der Waals surface area contributed by atoms with Gasteiger partial charge in [-0.05, 0) is 46.4 Å². The maximum absolute atomic E-state index is 10.3. The van der Waals surface area contributed by atoms with Crippen LogP contribution in [-0.2, 0) is 4.79 Å². The highest BCUT2D eigenvalue weighted by molar-refractivity contribution is 14.1. The summed E-state index contributed by atoms with van der Waals surface area (Å²) in [6.45, 7) is 0. The van der Waals surface area contributed by atoms with Gasteiger partial charge in [0.15, 0.2) is 11.5 Å². The fourth-order valence-corrected chi connectivity index (χ4v) is 2.04. The fraction of sp³-hybridized carbons (Fsp3) is 0.182. The Morgan fingerprint density at radius 3 is 2.56 bits per heavy atom. The number of aliphatic carboxylic acids is 1. The molecule has 0 spiro atoms. The summed E-state index contributed by atoms with van der Waals surface area (Å²) >= 11 is 2.09. The first-order chi connectivity index (χ1) is 7.58. The highest BCUT2D eigenvalue weighted by Gasteiger charge is 2.08. The lowest BCUT2D eigenvalue weighted by molar-refractivity contribution is -0.297. The number of halogens is 1. The number of carbonyl (C=O) groups is 1. The first-order valence-corrected chi connectivity index (χ1v) is 5.47. The Hall–Kier alpha value is -1.24. The maximum Gasteiger partial charge on any atom is 0.174 e. The van der Waals surface area contributed by atoms with E-state index in [0.717, 1.165) is 9.65 Å². The Morgan fingerprint density at radius 2 is 2.06 bits per heavy atom. The lowest BCUT2D eigenvalue weighted by atomic mass is 10.2. The van der Waals surface area contributed by atoms with Crippen LogP contribution < -0.4 is 14.6 Å². The van der Waals surface area contributed by atoms with Gasteiger partial charge in [-0.25, -0.2) is 0 Å². The van der Waals surface area contributed by atoms with E-state index in [-0.39, 0.29) is 0 Å². The summed E-state index contributed by atoms with van der Waals surface area (Å²) in [5, 5.41) is 10.3. The molecule has 0 aliphatic carbocycles. The van der Waals surface area contributed by atoms with Crippen LogP contribution in [-0.4, -0.2) is 20.2 Å². The molecule has 0 N–H and O–H groups in total. The SMILES string of the molecule is COc1cc(/C=C/C(=O)[O-])cc(I)c1OC. The van der Waals surface area contributed by atoms with Gasteiger partial charge in [-0.3, -0.25) is 0 Å². The van der Waals surface area contributed by atoms with Crippen LogP contribution in [0.15, 0.2) is 18.2 Å². The Morgan fingerprint density at radius 1 is 1.38 bits per heavy atom. The molecule has 0 saturated heterocycles. The second-order valence-electron chi connectivity index (χ2n) is 2.89. The minimum atomic E-state index is -1.23. The standard InChI is InChI=1S/C11H11IO4/c1-15-9-6-7(3-4-10(13)14)5-8(12)11(9)16-2/h3-6H,1-2H3,(H,13,14)/p-1/b4-3+. The number of hydrogen-bond donors (Lipinski definition) is 0. The molecule has 1 aromatic carbocycles. The second-order valence-corrected chi connectivity index (χ2v) is 4.05. The van der Waals surface area contributed by atoms with E-state index in [1.165, 1.54) is 13.2 Å². The van der Waals surface area contributed by atoms with Gasteiger partial charge < -0.3 is 19.4 Å². The number of hydrogen-bond acceptors (Lipinski definition) is 4. The van der Waals surface area contributed by atoms with Gasteiger partial charge in [-0.1, -0.05) is 6.08 Å². The molecule has 86 valence electrons. The van der Waals surface area contributed by atoms with Crippen molar-refractivity contribution in [2.75, 3.05) is 14.2 Å². The van der Waals surface area contributed by atoms with Crippen molar-refractivity contribution >= 4 is 34.6 Å². The predicted molar refractivity (Wildman–Crippen MR) is 66.3 cm³/mol. The summed E-state index contributed by atoms with van der Waals surface area (Å²) < 4.78 is 11.1. The summed E-state index contributed by atoms with van der Waals surface area (Å²) in [7, 11) is 3.08. The van der Waals surface area contributed by atoms with Gasteiger partial charge in [-0.15, -0.1) is 0 Å². The van der Waals surface area contributed by atoms with Crippen molar-refractivity contribution < 1.29 is 19.4 Å². The van der Waals surface area contributed by atoms with E-state index in [4.69, 9.17) is 9.47 Å². The zero-order valence-corrected chi connectivity index (χ0v) is 11.0. The molecule has 0 aromatic heterocycles. The van der Waals surface area contributed by atoms with Crippen LogP contribution in [0.5, 0.6) is 11.5 Å². The van der Waals surface area contributed by atoms with E-state index in [1.54, 1.807) is 19.2 Å². The van der Waals surface area contributed by atoms with Crippen LogP contribution in [0.2, 0.25) is 0 Å². The molecular weight excluding hydrogens is 323 g/mol. The van der Waals surface area contributed by atoms with Gasteiger partial charge >= 0.3 is 0 Å². The number of ether oxygens (including phenoxy) is 2. The van der Waals surface area contributed by atoms with E-state index in [9.17, 15) is 9.90 Å². The summed E-state index contributed by atoms with van der Waals surface area (Å²) in [6, 6.07) is 3.49. The number of carboxylic acids is 1. The van der Waals surface area contributed by atoms with Crippen molar-refractivity contribution in [2.45, 2.75) is 0 Å². The third-order valence-electron chi connectivity index (χ3n) is 1.87. The first kappa shape index (κ1) is 12.8. The quantitative estimate of drug-likeness (QED) is 0.611. The fourth-order valence-electron chi connectivity index (χ4n) is 1.20. The highest BCUT2D eigenvalue weighted by Crippen LogP contribution is 2.33. The molecule has 1 rings (SSSR count). The van der Waals surface area contributed by atoms with Gasteiger partial charge in [0, 0.05) is 0 Å². The maximum atomic E-state index is 10.3. The van der Waals surface area contributed by atoms with Gasteiger partial charge in [0.2, 0.25) is 0 Å². The molecular formula is C11H10IO4-. The van der Waals surface area contributed by atoms with Crippen LogP contribution in [0.25, 0.3) is 6.08 Å². The summed E-state index contributed by atoms with van der Waals surface area (Å²) in [5.41, 5.74) is 0.714. The largest absolute Gasteiger partial charge is 0.545 e. The van der Waals surface area contributed by atoms with Crippen LogP contribution >= 0.6 is 22.6 Å². The number of rotatable bonds is 4. The van der Waals surface area contributed by atoms with E-state index in [2.05, 4.69) is 22.6 Å². The topological polar surface area (TPSA) is 58.6 Å². The molecule has 0 atom stereocenters. The molecule has 0 radical (unpaired) electrons. The lowest BCUT2D eigenvalue weighted by Gasteiger charge is -2.10. The molecule has 5 heteroatoms. The van der Waals surface area contributed by atoms with Crippen molar-refractivity contribution in [3.63, 3.8) is 0 Å². The number of carboxylic acid groups (broad SMARTS) is 1. The smallest absolute Gasteiger partial charge is 0.174 e. The number of benzene rings is 1. The second kappa shape index (κ2) is 5.74. The Labute approximate surface area is 107 Å². The minimum absolute atomic E-state index is 0.562. The Balaban J connectivity index is 3.15. The van der Waals surface area contributed by atoms with Crippen LogP contribution in [0.4, 0.5) is 0 Å². The normalized spacial score (nSPS) is 10.4. The lowest BCUT2D eigenvalue weighted by Crippen LogP contribution is -2.18. The molecule has 0 unspecified atom stereocenters. The molecule has 0 bridgehead atoms. The van der Waals surface area contributed by atoms with Crippen LogP contribution in [0.3, 0.4) is 0 Å². The zero-order valence-electron chi connectivity index (χ0n) is 8.82. The van der Waals surface area contributed by atoms with Crippen molar-refractivity contribution in [2.24, 2.45) is 0 Å². The van der Waals surface area contributed by atoms with Crippen molar-refractivity contribution in [3.8, 4) is 11.5 Å². The van der Waals surface area contributed by atoms with Crippen molar-refractivity contribution in [1.29, 1.82) is 0 Å². The summed E-state index contributed by atoms with van der Waals surface area (Å²) in [4.78, 5) is 10.3. The average molecular weight is 333 g/mol. The first-order valence-electron chi connectivity index (χ1n) is 4.39. The van der Waals surface area contributed by atoms with E-state index in [0.29, 0.717) is 17.1 Å². The summed E-state index contributed by atoms with van der Waals surface area (Å²) in [6.07, 6.45) is 2.41. The van der Waals surface area contributed by atoms with Gasteiger partial charge in [0.05, 0.1) is 23.8 Å². The number of carbonyl (C=O) groups excluding carboxylic acids is 1. The average Bonchev–Trinajstić information content (AvgIpc) is 2.25. The molecule has 0 amide bonds. The molecule has 4 nitrogen and oxygen atoms in total. The summed E-state index contributed by atoms with van der Waals surface area (Å²) in [5.74, 6) is -0.0362. The monoisotopic (exact) mass is 333 g/mol. The molecule has 0 heterocycles. The molecule has 1 aromatic rings. The van der Waals surface area contributed by atoms with Gasteiger partial charge in [-0.2, -0.15) is 0 Å². The molecule has 0 aliphatic rings. The third kappa shape index (κ3) is 3.13. The molecule has 0 saturated carbocycles. The third-order valence-corrected chi connectivity index (χ3v) is 2.67. The Kier molecular flexibility index (Phi) is 4.60. The molecule has 16 heavy (non-hydrogen) atoms. The van der Waals surface area contributed by atoms with E-state index < -0.39 is 5.97 Å². The van der Waals surface area contributed by atoms with Crippen molar-refractivity contribution in [3.05, 3.63) is 27.3 Å². The molecule has 0 fully saturated rings. The van der Waals surface area contributed by atoms with Crippen LogP contribution in [0.1, 0.15) is 5.56 Å². The minimum Gasteiger partial charge on any atom is -0.545 e. The Bertz CT molecular complexity index is 426. The zero-order chi connectivity index (χ0) is 12.1. The highest BCUT2D eigenvalue weighted by atomic mass is 127.